The molecule has 17 heavy (non-hydrogen) atoms. The molecule has 2 unspecified atom stereocenters. The molecule has 2 atom stereocenters. The first-order valence-electron chi connectivity index (χ1n) is 5.52. The van der Waals surface area contributed by atoms with Gasteiger partial charge in [-0.1, -0.05) is 0 Å². The third-order valence-electron chi connectivity index (χ3n) is 3.22. The first kappa shape index (κ1) is 11.1. The predicted octanol–water partition coefficient (Wildman–Crippen LogP) is 2.47. The van der Waals surface area contributed by atoms with Gasteiger partial charge in [-0.25, -0.2) is 0 Å². The van der Waals surface area contributed by atoms with Crippen molar-refractivity contribution in [2.75, 3.05) is 6.61 Å². The van der Waals surface area contributed by atoms with Crippen molar-refractivity contribution in [3.05, 3.63) is 26.6 Å². The highest BCUT2D eigenvalue weighted by Gasteiger charge is 2.28. The lowest BCUT2D eigenvalue weighted by Crippen LogP contribution is -2.29. The van der Waals surface area contributed by atoms with Gasteiger partial charge in [0.15, 0.2) is 4.77 Å². The maximum Gasteiger partial charge on any atom is 0.263 e. The summed E-state index contributed by atoms with van der Waals surface area (Å²) in [6, 6.07) is 1.89. The van der Waals surface area contributed by atoms with Crippen LogP contribution in [0.1, 0.15) is 19.4 Å². The molecule has 1 aliphatic rings. The lowest BCUT2D eigenvalue weighted by atomic mass is 10.1. The number of hydrogen-bond donors (Lipinski definition) is 1. The molecule has 1 N–H and O–H groups in total. The van der Waals surface area contributed by atoms with Crippen LogP contribution in [0.2, 0.25) is 0 Å². The van der Waals surface area contributed by atoms with Gasteiger partial charge in [-0.15, -0.1) is 11.3 Å². The second-order valence-electron chi connectivity index (χ2n) is 4.20. The van der Waals surface area contributed by atoms with Gasteiger partial charge in [-0.05, 0) is 37.0 Å². The SMILES string of the molecule is CC1OCCC1n1c(=S)[nH]c2sccc2c1=O. The average Bonchev–Trinajstić information content (AvgIpc) is 2.88. The normalized spacial score (nSPS) is 24.5. The summed E-state index contributed by atoms with van der Waals surface area (Å²) in [4.78, 5) is 16.3. The molecule has 2 aromatic heterocycles. The van der Waals surface area contributed by atoms with Gasteiger partial charge in [0, 0.05) is 6.61 Å². The minimum absolute atomic E-state index is 0.00708. The zero-order valence-electron chi connectivity index (χ0n) is 9.30. The molecule has 0 saturated carbocycles. The van der Waals surface area contributed by atoms with Crippen LogP contribution >= 0.6 is 23.6 Å². The van der Waals surface area contributed by atoms with E-state index < -0.39 is 0 Å². The van der Waals surface area contributed by atoms with E-state index in [0.717, 1.165) is 11.3 Å². The van der Waals surface area contributed by atoms with E-state index in [1.165, 1.54) is 11.3 Å². The Morgan fingerprint density at radius 3 is 3.18 bits per heavy atom. The van der Waals surface area contributed by atoms with E-state index in [1.54, 1.807) is 4.57 Å². The predicted molar refractivity (Wildman–Crippen MR) is 70.3 cm³/mol. The Balaban J connectivity index is 2.28. The molecule has 90 valence electrons. The van der Waals surface area contributed by atoms with Crippen LogP contribution in [0, 0.1) is 4.77 Å². The van der Waals surface area contributed by atoms with E-state index in [0.29, 0.717) is 16.8 Å². The molecule has 1 saturated heterocycles. The molecule has 4 nitrogen and oxygen atoms in total. The number of thiophene rings is 1. The number of ether oxygens (including phenoxy) is 1. The third-order valence-corrected chi connectivity index (χ3v) is 4.35. The Bertz CT molecular complexity index is 670. The number of aromatic amines is 1. The number of fused-ring (bicyclic) bond motifs is 1. The standard InChI is InChI=1S/C11H12N2O2S2/c1-6-8(2-4-15-6)13-10(14)7-3-5-17-9(7)12-11(13)16/h3,5-6,8H,2,4H2,1H3,(H,12,16). The minimum Gasteiger partial charge on any atom is -0.376 e. The van der Waals surface area contributed by atoms with Gasteiger partial charge in [-0.3, -0.25) is 9.36 Å². The number of rotatable bonds is 1. The lowest BCUT2D eigenvalue weighted by molar-refractivity contribution is 0.106. The highest BCUT2D eigenvalue weighted by atomic mass is 32.1. The Morgan fingerprint density at radius 2 is 2.47 bits per heavy atom. The van der Waals surface area contributed by atoms with E-state index in [4.69, 9.17) is 17.0 Å². The fraction of sp³-hybridized carbons (Fsp3) is 0.455. The molecule has 3 heterocycles. The Morgan fingerprint density at radius 1 is 1.65 bits per heavy atom. The summed E-state index contributed by atoms with van der Waals surface area (Å²) >= 11 is 6.78. The molecule has 0 bridgehead atoms. The van der Waals surface area contributed by atoms with Crippen LogP contribution in [0.15, 0.2) is 16.2 Å². The van der Waals surface area contributed by atoms with Gasteiger partial charge in [0.25, 0.3) is 5.56 Å². The summed E-state index contributed by atoms with van der Waals surface area (Å²) in [5, 5.41) is 2.61. The molecule has 0 aliphatic carbocycles. The zero-order chi connectivity index (χ0) is 12.0. The van der Waals surface area contributed by atoms with Gasteiger partial charge in [-0.2, -0.15) is 0 Å². The molecule has 1 aliphatic heterocycles. The monoisotopic (exact) mass is 268 g/mol. The summed E-state index contributed by atoms with van der Waals surface area (Å²) < 4.78 is 7.67. The summed E-state index contributed by atoms with van der Waals surface area (Å²) in [5.41, 5.74) is -0.00708. The Labute approximate surface area is 107 Å². The highest BCUT2D eigenvalue weighted by molar-refractivity contribution is 7.71. The van der Waals surface area contributed by atoms with Crippen molar-refractivity contribution in [1.82, 2.24) is 9.55 Å². The molecular weight excluding hydrogens is 256 g/mol. The average molecular weight is 268 g/mol. The van der Waals surface area contributed by atoms with Gasteiger partial charge in [0.1, 0.15) is 4.83 Å². The van der Waals surface area contributed by atoms with Crippen LogP contribution in [-0.2, 0) is 4.74 Å². The summed E-state index contributed by atoms with van der Waals surface area (Å²) in [5.74, 6) is 0. The maximum atomic E-state index is 12.4. The zero-order valence-corrected chi connectivity index (χ0v) is 10.9. The van der Waals surface area contributed by atoms with Crippen molar-refractivity contribution in [2.45, 2.75) is 25.5 Å². The molecule has 0 spiro atoms. The van der Waals surface area contributed by atoms with Crippen LogP contribution in [0.5, 0.6) is 0 Å². The number of H-pyrrole nitrogens is 1. The maximum absolute atomic E-state index is 12.4. The van der Waals surface area contributed by atoms with E-state index in [9.17, 15) is 4.79 Å². The molecule has 0 radical (unpaired) electrons. The van der Waals surface area contributed by atoms with Crippen molar-refractivity contribution in [1.29, 1.82) is 0 Å². The molecule has 0 aromatic carbocycles. The van der Waals surface area contributed by atoms with Crippen molar-refractivity contribution < 1.29 is 4.74 Å². The molecule has 0 amide bonds. The molecular formula is C11H12N2O2S2. The molecule has 2 aromatic rings. The largest absolute Gasteiger partial charge is 0.376 e. The lowest BCUT2D eigenvalue weighted by Gasteiger charge is -2.17. The van der Waals surface area contributed by atoms with Crippen LogP contribution in [0.3, 0.4) is 0 Å². The third kappa shape index (κ3) is 1.67. The summed E-state index contributed by atoms with van der Waals surface area (Å²) in [6.07, 6.45) is 0.882. The molecule has 1 fully saturated rings. The van der Waals surface area contributed by atoms with Crippen molar-refractivity contribution in [2.24, 2.45) is 0 Å². The highest BCUT2D eigenvalue weighted by Crippen LogP contribution is 2.25. The summed E-state index contributed by atoms with van der Waals surface area (Å²) in [6.45, 7) is 2.67. The first-order valence-corrected chi connectivity index (χ1v) is 6.81. The van der Waals surface area contributed by atoms with Crippen molar-refractivity contribution >= 4 is 33.8 Å². The smallest absolute Gasteiger partial charge is 0.263 e. The van der Waals surface area contributed by atoms with E-state index >= 15 is 0 Å². The van der Waals surface area contributed by atoms with Crippen LogP contribution < -0.4 is 5.56 Å². The Hall–Kier alpha value is -0.980. The number of nitrogens with one attached hydrogen (secondary N) is 1. The number of nitrogens with zero attached hydrogens (tertiary/aromatic N) is 1. The van der Waals surface area contributed by atoms with Crippen LogP contribution in [0.25, 0.3) is 10.2 Å². The topological polar surface area (TPSA) is 47.0 Å². The quantitative estimate of drug-likeness (QED) is 0.808. The fourth-order valence-corrected chi connectivity index (χ4v) is 3.48. The van der Waals surface area contributed by atoms with E-state index in [1.807, 2.05) is 18.4 Å². The number of hydrogen-bond acceptors (Lipinski definition) is 4. The van der Waals surface area contributed by atoms with E-state index in [2.05, 4.69) is 4.98 Å². The summed E-state index contributed by atoms with van der Waals surface area (Å²) in [7, 11) is 0. The second-order valence-corrected chi connectivity index (χ2v) is 5.50. The van der Waals surface area contributed by atoms with Gasteiger partial charge in [0.05, 0.1) is 17.5 Å². The van der Waals surface area contributed by atoms with Gasteiger partial charge < -0.3 is 9.72 Å². The van der Waals surface area contributed by atoms with Gasteiger partial charge in [0.2, 0.25) is 0 Å². The van der Waals surface area contributed by atoms with Crippen LogP contribution in [0.4, 0.5) is 0 Å². The first-order chi connectivity index (χ1) is 8.18. The molecule has 3 rings (SSSR count). The van der Waals surface area contributed by atoms with Gasteiger partial charge >= 0.3 is 0 Å². The fourth-order valence-electron chi connectivity index (χ4n) is 2.31. The van der Waals surface area contributed by atoms with E-state index in [-0.39, 0.29) is 17.7 Å². The van der Waals surface area contributed by atoms with Crippen molar-refractivity contribution in [3.63, 3.8) is 0 Å². The van der Waals surface area contributed by atoms with Crippen molar-refractivity contribution in [3.8, 4) is 0 Å². The molecule has 6 heteroatoms. The Kier molecular flexibility index (Phi) is 2.65. The minimum atomic E-state index is -0.00708. The van der Waals surface area contributed by atoms with Crippen LogP contribution in [-0.4, -0.2) is 22.3 Å². The number of aromatic nitrogens is 2. The second kappa shape index (κ2) is 4.04.